The largest absolute Gasteiger partial charge is 0.316 e. The summed E-state index contributed by atoms with van der Waals surface area (Å²) in [4.78, 5) is 2.24. The fraction of sp³-hybridized carbons (Fsp3) is 1.00. The molecule has 1 heterocycles. The Labute approximate surface area is 112 Å². The van der Waals surface area contributed by atoms with Crippen molar-refractivity contribution in [1.82, 2.24) is 14.5 Å². The van der Waals surface area contributed by atoms with E-state index < -0.39 is 10.0 Å². The third-order valence-electron chi connectivity index (χ3n) is 3.68. The summed E-state index contributed by atoms with van der Waals surface area (Å²) in [6.45, 7) is 8.87. The van der Waals surface area contributed by atoms with Crippen molar-refractivity contribution in [1.29, 1.82) is 0 Å². The molecule has 1 rings (SSSR count). The summed E-state index contributed by atoms with van der Waals surface area (Å²) in [6.07, 6.45) is 1.03. The maximum Gasteiger partial charge on any atom is 0.215 e. The molecule has 5 nitrogen and oxygen atoms in total. The molecule has 0 aliphatic carbocycles. The van der Waals surface area contributed by atoms with E-state index >= 15 is 0 Å². The first-order valence-corrected chi connectivity index (χ1v) is 8.40. The molecule has 0 aromatic carbocycles. The van der Waals surface area contributed by atoms with Crippen molar-refractivity contribution in [2.75, 3.05) is 39.0 Å². The summed E-state index contributed by atoms with van der Waals surface area (Å²) in [5.41, 5.74) is 0. The second kappa shape index (κ2) is 6.84. The predicted octanol–water partition coefficient (Wildman–Crippen LogP) is 0.340. The summed E-state index contributed by atoms with van der Waals surface area (Å²) in [5.74, 6) is 0.205. The van der Waals surface area contributed by atoms with Gasteiger partial charge in [-0.2, -0.15) is 4.31 Å². The average molecular weight is 277 g/mol. The van der Waals surface area contributed by atoms with E-state index in [0.29, 0.717) is 19.6 Å². The van der Waals surface area contributed by atoms with Crippen molar-refractivity contribution >= 4 is 10.0 Å². The monoisotopic (exact) mass is 277 g/mol. The van der Waals surface area contributed by atoms with E-state index in [1.807, 2.05) is 0 Å². The Morgan fingerprint density at radius 3 is 2.22 bits per heavy atom. The van der Waals surface area contributed by atoms with E-state index in [2.05, 4.69) is 38.0 Å². The van der Waals surface area contributed by atoms with Gasteiger partial charge in [0.1, 0.15) is 0 Å². The van der Waals surface area contributed by atoms with Crippen LogP contribution in [0.4, 0.5) is 0 Å². The van der Waals surface area contributed by atoms with Gasteiger partial charge in [-0.05, 0) is 33.9 Å². The van der Waals surface area contributed by atoms with Gasteiger partial charge in [-0.1, -0.05) is 6.92 Å². The molecular weight excluding hydrogens is 250 g/mol. The SMILES string of the molecule is CCCNCCS(=O)(=O)N1CC(C)N(C)C(C)C1. The number of rotatable bonds is 6. The minimum absolute atomic E-state index is 0.205. The van der Waals surface area contributed by atoms with Crippen LogP contribution >= 0.6 is 0 Å². The van der Waals surface area contributed by atoms with Crippen LogP contribution in [0.5, 0.6) is 0 Å². The molecule has 0 amide bonds. The van der Waals surface area contributed by atoms with E-state index in [1.165, 1.54) is 0 Å². The molecular formula is C12H27N3O2S. The fourth-order valence-electron chi connectivity index (χ4n) is 2.22. The summed E-state index contributed by atoms with van der Waals surface area (Å²) in [6, 6.07) is 0.569. The Hall–Kier alpha value is -0.170. The fourth-order valence-corrected chi connectivity index (χ4v) is 3.76. The first kappa shape index (κ1) is 15.9. The van der Waals surface area contributed by atoms with Crippen LogP contribution in [-0.2, 0) is 10.0 Å². The predicted molar refractivity (Wildman–Crippen MR) is 75.2 cm³/mol. The topological polar surface area (TPSA) is 52.7 Å². The molecule has 1 fully saturated rings. The van der Waals surface area contributed by atoms with Gasteiger partial charge in [-0.3, -0.25) is 4.90 Å². The van der Waals surface area contributed by atoms with Gasteiger partial charge < -0.3 is 5.32 Å². The first-order chi connectivity index (χ1) is 8.38. The molecule has 1 aliphatic heterocycles. The van der Waals surface area contributed by atoms with Gasteiger partial charge in [0.05, 0.1) is 5.75 Å². The van der Waals surface area contributed by atoms with Gasteiger partial charge in [0, 0.05) is 31.7 Å². The summed E-state index contributed by atoms with van der Waals surface area (Å²) in [7, 11) is -1.05. The zero-order valence-electron chi connectivity index (χ0n) is 12.0. The Bertz CT molecular complexity index is 333. The van der Waals surface area contributed by atoms with Crippen molar-refractivity contribution in [2.45, 2.75) is 39.3 Å². The number of nitrogens with one attached hydrogen (secondary N) is 1. The van der Waals surface area contributed by atoms with Crippen LogP contribution < -0.4 is 5.32 Å². The number of likely N-dealkylation sites (N-methyl/N-ethyl adjacent to an activating group) is 1. The van der Waals surface area contributed by atoms with Crippen LogP contribution in [0.2, 0.25) is 0 Å². The molecule has 0 radical (unpaired) electrons. The maximum atomic E-state index is 12.2. The minimum Gasteiger partial charge on any atom is -0.316 e. The number of sulfonamides is 1. The van der Waals surface area contributed by atoms with Gasteiger partial charge in [0.2, 0.25) is 10.0 Å². The second-order valence-electron chi connectivity index (χ2n) is 5.25. The highest BCUT2D eigenvalue weighted by Gasteiger charge is 2.32. The van der Waals surface area contributed by atoms with E-state index in [9.17, 15) is 8.42 Å². The molecule has 2 unspecified atom stereocenters. The van der Waals surface area contributed by atoms with Gasteiger partial charge in [0.15, 0.2) is 0 Å². The third-order valence-corrected chi connectivity index (χ3v) is 5.49. The normalized spacial score (nSPS) is 27.6. The Kier molecular flexibility index (Phi) is 6.04. The van der Waals surface area contributed by atoms with Crippen molar-refractivity contribution in [3.05, 3.63) is 0 Å². The highest BCUT2D eigenvalue weighted by atomic mass is 32.2. The van der Waals surface area contributed by atoms with E-state index in [4.69, 9.17) is 0 Å². The van der Waals surface area contributed by atoms with Gasteiger partial charge >= 0.3 is 0 Å². The van der Waals surface area contributed by atoms with E-state index in [0.717, 1.165) is 13.0 Å². The average Bonchev–Trinajstić information content (AvgIpc) is 2.31. The molecule has 6 heteroatoms. The van der Waals surface area contributed by atoms with Crippen LogP contribution in [0.1, 0.15) is 27.2 Å². The maximum absolute atomic E-state index is 12.2. The lowest BCUT2D eigenvalue weighted by Gasteiger charge is -2.41. The van der Waals surface area contributed by atoms with Gasteiger partial charge in [-0.25, -0.2) is 8.42 Å². The molecule has 0 aromatic rings. The molecule has 108 valence electrons. The minimum atomic E-state index is -3.11. The lowest BCUT2D eigenvalue weighted by Crippen LogP contribution is -2.57. The molecule has 18 heavy (non-hydrogen) atoms. The molecule has 0 bridgehead atoms. The molecule has 0 aromatic heterocycles. The number of piperazine rings is 1. The molecule has 1 N–H and O–H groups in total. The highest BCUT2D eigenvalue weighted by Crippen LogP contribution is 2.16. The summed E-state index contributed by atoms with van der Waals surface area (Å²) >= 11 is 0. The third kappa shape index (κ3) is 4.19. The van der Waals surface area contributed by atoms with Crippen molar-refractivity contribution < 1.29 is 8.42 Å². The quantitative estimate of drug-likeness (QED) is 0.711. The molecule has 0 spiro atoms. The summed E-state index contributed by atoms with van der Waals surface area (Å²) in [5, 5.41) is 3.15. The van der Waals surface area contributed by atoms with Crippen molar-refractivity contribution in [3.8, 4) is 0 Å². The molecule has 1 aliphatic rings. The number of nitrogens with zero attached hydrogens (tertiary/aromatic N) is 2. The van der Waals surface area contributed by atoms with Crippen LogP contribution in [-0.4, -0.2) is 68.7 Å². The zero-order chi connectivity index (χ0) is 13.8. The van der Waals surface area contributed by atoms with Crippen LogP contribution in [0.25, 0.3) is 0 Å². The number of hydrogen-bond acceptors (Lipinski definition) is 4. The van der Waals surface area contributed by atoms with E-state index in [-0.39, 0.29) is 17.8 Å². The highest BCUT2D eigenvalue weighted by molar-refractivity contribution is 7.89. The second-order valence-corrected chi connectivity index (χ2v) is 7.33. The van der Waals surface area contributed by atoms with Crippen molar-refractivity contribution in [2.24, 2.45) is 0 Å². The van der Waals surface area contributed by atoms with Crippen LogP contribution in [0.15, 0.2) is 0 Å². The lowest BCUT2D eigenvalue weighted by atomic mass is 10.1. The molecule has 0 saturated carbocycles. The molecule has 2 atom stereocenters. The van der Waals surface area contributed by atoms with Gasteiger partial charge in [0.25, 0.3) is 0 Å². The standard InChI is InChI=1S/C12H27N3O2S/c1-5-6-13-7-8-18(16,17)15-9-11(2)14(4)12(3)10-15/h11-13H,5-10H2,1-4H3. The Morgan fingerprint density at radius 2 is 1.72 bits per heavy atom. The lowest BCUT2D eigenvalue weighted by molar-refractivity contribution is 0.105. The Balaban J connectivity index is 2.52. The van der Waals surface area contributed by atoms with Crippen LogP contribution in [0.3, 0.4) is 0 Å². The van der Waals surface area contributed by atoms with Gasteiger partial charge in [-0.15, -0.1) is 0 Å². The smallest absolute Gasteiger partial charge is 0.215 e. The summed E-state index contributed by atoms with van der Waals surface area (Å²) < 4.78 is 26.1. The first-order valence-electron chi connectivity index (χ1n) is 6.79. The Morgan fingerprint density at radius 1 is 1.17 bits per heavy atom. The number of hydrogen-bond donors (Lipinski definition) is 1. The van der Waals surface area contributed by atoms with E-state index in [1.54, 1.807) is 4.31 Å². The zero-order valence-corrected chi connectivity index (χ0v) is 12.8. The molecule has 1 saturated heterocycles. The van der Waals surface area contributed by atoms with Crippen molar-refractivity contribution in [3.63, 3.8) is 0 Å². The van der Waals surface area contributed by atoms with Crippen LogP contribution in [0, 0.1) is 0 Å².